The van der Waals surface area contributed by atoms with Gasteiger partial charge in [0, 0.05) is 11.5 Å². The van der Waals surface area contributed by atoms with Crippen molar-refractivity contribution in [2.45, 2.75) is 44.6 Å². The highest BCUT2D eigenvalue weighted by molar-refractivity contribution is 5.77. The fourth-order valence-electron chi connectivity index (χ4n) is 1.18. The van der Waals surface area contributed by atoms with Crippen LogP contribution in [0.4, 0.5) is 0 Å². The van der Waals surface area contributed by atoms with E-state index in [9.17, 15) is 4.79 Å². The standard InChI is InChI=1S/C9H18N4O2/c1-9(10,8(14)15)6-4-2-3-5-7-12-13-11/h2-7,10H2,1H3,(H,14,15)/t9-/m0/s1. The molecule has 0 rings (SSSR count). The summed E-state index contributed by atoms with van der Waals surface area (Å²) >= 11 is 0. The van der Waals surface area contributed by atoms with Crippen LogP contribution in [0.2, 0.25) is 0 Å². The maximum atomic E-state index is 10.6. The molecule has 0 aromatic heterocycles. The third kappa shape index (κ3) is 6.76. The second-order valence-corrected chi connectivity index (χ2v) is 3.84. The van der Waals surface area contributed by atoms with Gasteiger partial charge < -0.3 is 10.8 Å². The average Bonchev–Trinajstić information content (AvgIpc) is 2.16. The van der Waals surface area contributed by atoms with E-state index in [1.54, 1.807) is 0 Å². The van der Waals surface area contributed by atoms with Crippen molar-refractivity contribution < 1.29 is 9.90 Å². The molecule has 0 unspecified atom stereocenters. The molecule has 0 radical (unpaired) electrons. The van der Waals surface area contributed by atoms with Crippen molar-refractivity contribution in [1.29, 1.82) is 0 Å². The van der Waals surface area contributed by atoms with Crippen molar-refractivity contribution in [3.05, 3.63) is 10.4 Å². The van der Waals surface area contributed by atoms with Crippen LogP contribution >= 0.6 is 0 Å². The predicted molar refractivity (Wildman–Crippen MR) is 57.3 cm³/mol. The van der Waals surface area contributed by atoms with E-state index in [-0.39, 0.29) is 0 Å². The highest BCUT2D eigenvalue weighted by Crippen LogP contribution is 2.12. The molecular formula is C9H18N4O2. The van der Waals surface area contributed by atoms with Crippen LogP contribution in [0.3, 0.4) is 0 Å². The Morgan fingerprint density at radius 3 is 2.60 bits per heavy atom. The van der Waals surface area contributed by atoms with Crippen LogP contribution in [0.15, 0.2) is 5.11 Å². The predicted octanol–water partition coefficient (Wildman–Crippen LogP) is 2.05. The normalized spacial score (nSPS) is 14.0. The largest absolute Gasteiger partial charge is 0.480 e. The molecule has 0 amide bonds. The molecule has 1 atom stereocenters. The van der Waals surface area contributed by atoms with Crippen LogP contribution in [0.5, 0.6) is 0 Å². The summed E-state index contributed by atoms with van der Waals surface area (Å²) in [6, 6.07) is 0. The minimum atomic E-state index is -1.12. The van der Waals surface area contributed by atoms with Gasteiger partial charge in [0.1, 0.15) is 5.54 Å². The minimum Gasteiger partial charge on any atom is -0.480 e. The molecule has 0 aromatic rings. The smallest absolute Gasteiger partial charge is 0.323 e. The van der Waals surface area contributed by atoms with Gasteiger partial charge in [-0.1, -0.05) is 24.4 Å². The molecule has 0 heterocycles. The van der Waals surface area contributed by atoms with Crippen molar-refractivity contribution in [2.24, 2.45) is 10.8 Å². The Bertz CT molecular complexity index is 246. The molecule has 0 aliphatic rings. The highest BCUT2D eigenvalue weighted by atomic mass is 16.4. The lowest BCUT2D eigenvalue weighted by Gasteiger charge is -2.18. The lowest BCUT2D eigenvalue weighted by atomic mass is 9.95. The lowest BCUT2D eigenvalue weighted by molar-refractivity contribution is -0.142. The molecule has 6 heteroatoms. The van der Waals surface area contributed by atoms with Gasteiger partial charge in [0.15, 0.2) is 0 Å². The summed E-state index contributed by atoms with van der Waals surface area (Å²) in [6.45, 7) is 2.03. The Balaban J connectivity index is 3.46. The third-order valence-corrected chi connectivity index (χ3v) is 2.26. The van der Waals surface area contributed by atoms with Crippen LogP contribution in [-0.2, 0) is 4.79 Å². The van der Waals surface area contributed by atoms with Gasteiger partial charge in [0.05, 0.1) is 0 Å². The molecule has 0 spiro atoms. The molecule has 0 aliphatic heterocycles. The molecule has 6 nitrogen and oxygen atoms in total. The summed E-state index contributed by atoms with van der Waals surface area (Å²) in [6.07, 6.45) is 3.97. The number of unbranched alkanes of at least 4 members (excludes halogenated alkanes) is 3. The molecule has 0 saturated carbocycles. The van der Waals surface area contributed by atoms with Gasteiger partial charge in [-0.3, -0.25) is 4.79 Å². The van der Waals surface area contributed by atoms with Crippen LogP contribution in [-0.4, -0.2) is 23.2 Å². The highest BCUT2D eigenvalue weighted by Gasteiger charge is 2.26. The third-order valence-electron chi connectivity index (χ3n) is 2.26. The SMILES string of the molecule is C[C@](N)(CCCCCCN=[N+]=[N-])C(=O)O. The Hall–Kier alpha value is -1.26. The molecule has 0 bridgehead atoms. The number of azide groups is 1. The van der Waals surface area contributed by atoms with E-state index in [4.69, 9.17) is 16.4 Å². The minimum absolute atomic E-state index is 0.476. The number of aliphatic carboxylic acids is 1. The van der Waals surface area contributed by atoms with Gasteiger partial charge in [-0.05, 0) is 25.3 Å². The van der Waals surface area contributed by atoms with Crippen molar-refractivity contribution in [1.82, 2.24) is 0 Å². The summed E-state index contributed by atoms with van der Waals surface area (Å²) in [5, 5.41) is 12.1. The number of carboxylic acid groups (broad SMARTS) is 1. The summed E-state index contributed by atoms with van der Waals surface area (Å²) in [4.78, 5) is 13.3. The van der Waals surface area contributed by atoms with Gasteiger partial charge >= 0.3 is 5.97 Å². The number of carboxylic acids is 1. The van der Waals surface area contributed by atoms with Crippen LogP contribution < -0.4 is 5.73 Å². The van der Waals surface area contributed by atoms with E-state index >= 15 is 0 Å². The molecule has 86 valence electrons. The second-order valence-electron chi connectivity index (χ2n) is 3.84. The van der Waals surface area contributed by atoms with Crippen LogP contribution in [0.25, 0.3) is 10.4 Å². The number of nitrogens with two attached hydrogens (primary N) is 1. The maximum absolute atomic E-state index is 10.6. The van der Waals surface area contributed by atoms with E-state index < -0.39 is 11.5 Å². The first kappa shape index (κ1) is 13.7. The molecule has 0 fully saturated rings. The zero-order valence-corrected chi connectivity index (χ0v) is 9.02. The second kappa shape index (κ2) is 7.09. The molecule has 0 aliphatic carbocycles. The number of hydrogen-bond acceptors (Lipinski definition) is 3. The molecule has 3 N–H and O–H groups in total. The first-order chi connectivity index (χ1) is 7.00. The van der Waals surface area contributed by atoms with Crippen molar-refractivity contribution in [3.63, 3.8) is 0 Å². The first-order valence-corrected chi connectivity index (χ1v) is 5.04. The zero-order valence-electron chi connectivity index (χ0n) is 9.02. The van der Waals surface area contributed by atoms with E-state index in [1.165, 1.54) is 6.92 Å². The quantitative estimate of drug-likeness (QED) is 0.279. The van der Waals surface area contributed by atoms with Crippen molar-refractivity contribution in [2.75, 3.05) is 6.54 Å². The van der Waals surface area contributed by atoms with Gasteiger partial charge in [-0.15, -0.1) is 0 Å². The number of carbonyl (C=O) groups is 1. The lowest BCUT2D eigenvalue weighted by Crippen LogP contribution is -2.44. The molecular weight excluding hydrogens is 196 g/mol. The summed E-state index contributed by atoms with van der Waals surface area (Å²) in [7, 11) is 0. The van der Waals surface area contributed by atoms with Crippen molar-refractivity contribution >= 4 is 5.97 Å². The van der Waals surface area contributed by atoms with Gasteiger partial charge in [0.2, 0.25) is 0 Å². The molecule has 15 heavy (non-hydrogen) atoms. The molecule has 0 saturated heterocycles. The van der Waals surface area contributed by atoms with Crippen molar-refractivity contribution in [3.8, 4) is 0 Å². The summed E-state index contributed by atoms with van der Waals surface area (Å²) in [5.74, 6) is -0.961. The maximum Gasteiger partial charge on any atom is 0.323 e. The van der Waals surface area contributed by atoms with Crippen LogP contribution in [0, 0.1) is 0 Å². The monoisotopic (exact) mass is 214 g/mol. The summed E-state index contributed by atoms with van der Waals surface area (Å²) in [5.41, 5.74) is 12.4. The van der Waals surface area contributed by atoms with Crippen LogP contribution in [0.1, 0.15) is 39.0 Å². The van der Waals surface area contributed by atoms with Gasteiger partial charge in [0.25, 0.3) is 0 Å². The van der Waals surface area contributed by atoms with Gasteiger partial charge in [-0.2, -0.15) is 0 Å². The average molecular weight is 214 g/mol. The van der Waals surface area contributed by atoms with E-state index in [2.05, 4.69) is 10.0 Å². The van der Waals surface area contributed by atoms with E-state index in [1.807, 2.05) is 0 Å². The number of nitrogens with zero attached hydrogens (tertiary/aromatic N) is 3. The fourth-order valence-corrected chi connectivity index (χ4v) is 1.18. The zero-order chi connectivity index (χ0) is 11.7. The summed E-state index contributed by atoms with van der Waals surface area (Å²) < 4.78 is 0. The Kier molecular flexibility index (Phi) is 6.49. The van der Waals surface area contributed by atoms with E-state index in [0.717, 1.165) is 25.7 Å². The Labute approximate surface area is 89.1 Å². The molecule has 0 aromatic carbocycles. The van der Waals surface area contributed by atoms with Gasteiger partial charge in [-0.25, -0.2) is 0 Å². The Morgan fingerprint density at radius 2 is 2.07 bits per heavy atom. The topological polar surface area (TPSA) is 112 Å². The Morgan fingerprint density at radius 1 is 1.47 bits per heavy atom. The number of rotatable bonds is 8. The fraction of sp³-hybridized carbons (Fsp3) is 0.889. The first-order valence-electron chi connectivity index (χ1n) is 5.04. The number of hydrogen-bond donors (Lipinski definition) is 2. The van der Waals surface area contributed by atoms with E-state index in [0.29, 0.717) is 13.0 Å².